The molecule has 0 saturated carbocycles. The largest absolute Gasteiger partial charge is 0.377 e. The summed E-state index contributed by atoms with van der Waals surface area (Å²) in [4.78, 5) is 12.8. The van der Waals surface area contributed by atoms with Crippen molar-refractivity contribution < 1.29 is 23.7 Å². The zero-order valence-corrected chi connectivity index (χ0v) is 25.3. The molecule has 1 aliphatic heterocycles. The maximum atomic E-state index is 10.5. The van der Waals surface area contributed by atoms with Gasteiger partial charge in [0.1, 0.15) is 5.69 Å². The molecule has 2 heterocycles. The molecule has 0 saturated heterocycles. The minimum Gasteiger partial charge on any atom is -0.377 e. The van der Waals surface area contributed by atoms with E-state index in [0.29, 0.717) is 76.0 Å². The molecule has 42 heavy (non-hydrogen) atoms. The van der Waals surface area contributed by atoms with Gasteiger partial charge < -0.3 is 34.9 Å². The van der Waals surface area contributed by atoms with E-state index in [0.717, 1.165) is 29.9 Å². The molecule has 2 amide bonds. The summed E-state index contributed by atoms with van der Waals surface area (Å²) in [6.45, 7) is 6.32. The maximum absolute atomic E-state index is 10.5. The van der Waals surface area contributed by atoms with Crippen LogP contribution in [0.25, 0.3) is 11.3 Å². The number of hydrogen-bond acceptors (Lipinski definition) is 8. The molecule has 1 aliphatic rings. The smallest absolute Gasteiger partial charge is 0.312 e. The van der Waals surface area contributed by atoms with E-state index in [1.165, 1.54) is 11.1 Å². The molecule has 3 N–H and O–H groups in total. The van der Waals surface area contributed by atoms with Crippen molar-refractivity contribution in [3.8, 4) is 11.3 Å². The summed E-state index contributed by atoms with van der Waals surface area (Å²) >= 11 is 12.9. The first kappa shape index (κ1) is 32.2. The minimum atomic E-state index is -0.561. The van der Waals surface area contributed by atoms with Crippen molar-refractivity contribution in [2.45, 2.75) is 19.0 Å². The van der Waals surface area contributed by atoms with Crippen molar-refractivity contribution in [1.82, 2.24) is 25.2 Å². The van der Waals surface area contributed by atoms with E-state index >= 15 is 0 Å². The van der Waals surface area contributed by atoms with Crippen LogP contribution in [-0.2, 0) is 32.0 Å². The molecule has 0 spiro atoms. The summed E-state index contributed by atoms with van der Waals surface area (Å²) in [6, 6.07) is 11.7. The van der Waals surface area contributed by atoms with Crippen LogP contribution >= 0.6 is 23.2 Å². The van der Waals surface area contributed by atoms with Crippen LogP contribution in [0.1, 0.15) is 22.6 Å². The highest BCUT2D eigenvalue weighted by Gasteiger charge is 2.27. The van der Waals surface area contributed by atoms with Crippen LogP contribution in [0.4, 0.5) is 4.79 Å². The SMILES string of the molecule is CN1Cc2c(Cl)cc(Cl)cc2[C@H](c2cccc(-c3cn(CCOCCOCCOCCOCCNC(N)=O)nn3)c2)C1. The highest BCUT2D eigenvalue weighted by atomic mass is 35.5. The van der Waals surface area contributed by atoms with E-state index in [1.54, 1.807) is 4.68 Å². The van der Waals surface area contributed by atoms with E-state index in [4.69, 9.17) is 47.9 Å². The second kappa shape index (κ2) is 16.8. The first-order chi connectivity index (χ1) is 20.4. The maximum Gasteiger partial charge on any atom is 0.312 e. The number of ether oxygens (including phenoxy) is 4. The van der Waals surface area contributed by atoms with Gasteiger partial charge in [0.2, 0.25) is 0 Å². The van der Waals surface area contributed by atoms with Crippen LogP contribution in [0, 0.1) is 0 Å². The Labute approximate surface area is 256 Å². The monoisotopic (exact) mass is 620 g/mol. The minimum absolute atomic E-state index is 0.157. The summed E-state index contributed by atoms with van der Waals surface area (Å²) in [7, 11) is 2.11. The third-order valence-electron chi connectivity index (χ3n) is 6.74. The van der Waals surface area contributed by atoms with Gasteiger partial charge in [-0.3, -0.25) is 0 Å². The molecular formula is C29H38Cl2N6O5. The Morgan fingerprint density at radius 3 is 2.40 bits per heavy atom. The molecule has 1 aromatic heterocycles. The Hall–Kier alpha value is -2.77. The molecule has 2 aromatic carbocycles. The van der Waals surface area contributed by atoms with E-state index in [2.05, 4.69) is 45.8 Å². The van der Waals surface area contributed by atoms with Crippen LogP contribution in [0.15, 0.2) is 42.6 Å². The van der Waals surface area contributed by atoms with Gasteiger partial charge >= 0.3 is 6.03 Å². The van der Waals surface area contributed by atoms with Crippen molar-refractivity contribution in [3.05, 3.63) is 69.3 Å². The van der Waals surface area contributed by atoms with Gasteiger partial charge in [-0.25, -0.2) is 9.48 Å². The number of primary amides is 1. The normalized spacial score (nSPS) is 15.1. The van der Waals surface area contributed by atoms with Crippen LogP contribution in [0.5, 0.6) is 0 Å². The topological polar surface area (TPSA) is 126 Å². The van der Waals surface area contributed by atoms with Gasteiger partial charge in [-0.2, -0.15) is 0 Å². The number of nitrogens with two attached hydrogens (primary N) is 1. The second-order valence-electron chi connectivity index (χ2n) is 9.94. The van der Waals surface area contributed by atoms with Crippen molar-refractivity contribution in [1.29, 1.82) is 0 Å². The van der Waals surface area contributed by atoms with Crippen molar-refractivity contribution >= 4 is 29.2 Å². The molecule has 228 valence electrons. The zero-order chi connectivity index (χ0) is 29.7. The average molecular weight is 622 g/mol. The number of aromatic nitrogens is 3. The predicted molar refractivity (Wildman–Crippen MR) is 161 cm³/mol. The average Bonchev–Trinajstić information content (AvgIpc) is 3.44. The summed E-state index contributed by atoms with van der Waals surface area (Å²) in [5.41, 5.74) is 10.3. The number of urea groups is 1. The Bertz CT molecular complexity index is 1290. The number of rotatable bonds is 17. The molecule has 0 unspecified atom stereocenters. The van der Waals surface area contributed by atoms with E-state index in [-0.39, 0.29) is 5.92 Å². The molecule has 11 nitrogen and oxygen atoms in total. The fourth-order valence-electron chi connectivity index (χ4n) is 4.75. The van der Waals surface area contributed by atoms with Crippen LogP contribution in [0.3, 0.4) is 0 Å². The fraction of sp³-hybridized carbons (Fsp3) is 0.483. The lowest BCUT2D eigenvalue weighted by molar-refractivity contribution is -0.00228. The zero-order valence-electron chi connectivity index (χ0n) is 23.8. The molecule has 0 bridgehead atoms. The van der Waals surface area contributed by atoms with Gasteiger partial charge in [0.15, 0.2) is 0 Å². The molecule has 4 rings (SSSR count). The number of halogens is 2. The lowest BCUT2D eigenvalue weighted by Crippen LogP contribution is -2.32. The predicted octanol–water partition coefficient (Wildman–Crippen LogP) is 3.56. The van der Waals surface area contributed by atoms with Crippen LogP contribution in [0.2, 0.25) is 10.0 Å². The highest BCUT2D eigenvalue weighted by molar-refractivity contribution is 6.35. The van der Waals surface area contributed by atoms with Gasteiger partial charge in [0.25, 0.3) is 0 Å². The number of carbonyl (C=O) groups excluding carboxylic acids is 1. The first-order valence-corrected chi connectivity index (χ1v) is 14.7. The molecule has 0 aliphatic carbocycles. The number of likely N-dealkylation sites (N-methyl/N-ethyl adjacent to an activating group) is 1. The Morgan fingerprint density at radius 2 is 1.69 bits per heavy atom. The molecule has 1 atom stereocenters. The summed E-state index contributed by atoms with van der Waals surface area (Å²) in [5, 5.41) is 12.5. The van der Waals surface area contributed by atoms with Gasteiger partial charge in [-0.15, -0.1) is 5.10 Å². The van der Waals surface area contributed by atoms with Gasteiger partial charge in [-0.05, 0) is 41.9 Å². The lowest BCUT2D eigenvalue weighted by atomic mass is 9.84. The lowest BCUT2D eigenvalue weighted by Gasteiger charge is -2.33. The van der Waals surface area contributed by atoms with E-state index < -0.39 is 6.03 Å². The van der Waals surface area contributed by atoms with E-state index in [1.807, 2.05) is 24.4 Å². The molecule has 0 radical (unpaired) electrons. The Balaban J connectivity index is 1.14. The van der Waals surface area contributed by atoms with Crippen molar-refractivity contribution in [2.24, 2.45) is 5.73 Å². The van der Waals surface area contributed by atoms with Gasteiger partial charge in [0, 0.05) is 41.2 Å². The van der Waals surface area contributed by atoms with Gasteiger partial charge in [0.05, 0.1) is 65.6 Å². The second-order valence-corrected chi connectivity index (χ2v) is 10.8. The number of benzene rings is 2. The molecule has 13 heteroatoms. The van der Waals surface area contributed by atoms with Crippen molar-refractivity contribution in [3.63, 3.8) is 0 Å². The molecular weight excluding hydrogens is 583 g/mol. The number of hydrogen-bond donors (Lipinski definition) is 2. The third-order valence-corrected chi connectivity index (χ3v) is 7.30. The number of fused-ring (bicyclic) bond motifs is 1. The van der Waals surface area contributed by atoms with Crippen LogP contribution in [-0.4, -0.2) is 98.9 Å². The summed E-state index contributed by atoms with van der Waals surface area (Å²) in [5.74, 6) is 0.157. The number of nitrogens with zero attached hydrogens (tertiary/aromatic N) is 4. The quantitative estimate of drug-likeness (QED) is 0.219. The van der Waals surface area contributed by atoms with Gasteiger partial charge in [-0.1, -0.05) is 46.6 Å². The number of nitrogens with one attached hydrogen (secondary N) is 1. The fourth-order valence-corrected chi connectivity index (χ4v) is 5.32. The standard InChI is InChI=1S/C29H38Cl2N6O5/c1-36-18-25(24-16-23(30)17-27(31)26(24)19-36)21-3-2-4-22(15-21)28-20-37(35-34-28)6-8-40-10-12-42-14-13-41-11-9-39-7-5-33-29(32)38/h2-4,15-17,20,25H,5-14,18-19H2,1H3,(H3,32,33,38)/t25-/m0/s1. The molecule has 3 aromatic rings. The molecule has 0 fully saturated rings. The highest BCUT2D eigenvalue weighted by Crippen LogP contribution is 2.39. The Kier molecular flexibility index (Phi) is 12.8. The van der Waals surface area contributed by atoms with E-state index in [9.17, 15) is 4.79 Å². The summed E-state index contributed by atoms with van der Waals surface area (Å²) < 4.78 is 23.7. The third kappa shape index (κ3) is 9.91. The van der Waals surface area contributed by atoms with Crippen LogP contribution < -0.4 is 11.1 Å². The van der Waals surface area contributed by atoms with Crippen molar-refractivity contribution in [2.75, 3.05) is 73.0 Å². The number of amides is 2. The Morgan fingerprint density at radius 1 is 1.00 bits per heavy atom. The number of carbonyl (C=O) groups is 1. The summed E-state index contributed by atoms with van der Waals surface area (Å²) in [6.07, 6.45) is 1.93. The first-order valence-electron chi connectivity index (χ1n) is 13.9.